The molecule has 0 saturated heterocycles. The first-order chi connectivity index (χ1) is 7.86. The van der Waals surface area contributed by atoms with Crippen molar-refractivity contribution < 1.29 is 13.9 Å². The number of anilines is 2. The van der Waals surface area contributed by atoms with Crippen molar-refractivity contribution in [3.63, 3.8) is 0 Å². The van der Waals surface area contributed by atoms with Gasteiger partial charge in [-0.2, -0.15) is 0 Å². The summed E-state index contributed by atoms with van der Waals surface area (Å²) in [6.07, 6.45) is 0. The number of nitrogen functional groups attached to an aromatic ring is 1. The van der Waals surface area contributed by atoms with Crippen LogP contribution < -0.4 is 11.1 Å². The molecule has 0 atom stereocenters. The zero-order chi connectivity index (χ0) is 13.1. The Morgan fingerprint density at radius 2 is 2.18 bits per heavy atom. The van der Waals surface area contributed by atoms with Gasteiger partial charge in [0.05, 0.1) is 23.9 Å². The third kappa shape index (κ3) is 3.34. The molecule has 94 valence electrons. The zero-order valence-electron chi connectivity index (χ0n) is 10.2. The Morgan fingerprint density at radius 1 is 1.53 bits per heavy atom. The van der Waals surface area contributed by atoms with E-state index in [-0.39, 0.29) is 11.8 Å². The standard InChI is InChI=1S/C12H17FN2O2/c1-12(2,11(16)17-3)7-15-10-5-4-8(13)6-9(10)14/h4-6,15H,7,14H2,1-3H3. The molecule has 0 bridgehead atoms. The first kappa shape index (κ1) is 13.3. The second-order valence-corrected chi connectivity index (χ2v) is 4.46. The van der Waals surface area contributed by atoms with E-state index in [0.29, 0.717) is 17.9 Å². The molecule has 0 spiro atoms. The number of hydrogen-bond donors (Lipinski definition) is 2. The lowest BCUT2D eigenvalue weighted by molar-refractivity contribution is -0.149. The van der Waals surface area contributed by atoms with E-state index in [1.165, 1.54) is 25.3 Å². The van der Waals surface area contributed by atoms with Gasteiger partial charge in [-0.1, -0.05) is 0 Å². The Labute approximate surface area is 100.0 Å². The average Bonchev–Trinajstić information content (AvgIpc) is 2.26. The number of esters is 1. The number of nitrogens with one attached hydrogen (secondary N) is 1. The maximum absolute atomic E-state index is 12.8. The van der Waals surface area contributed by atoms with Gasteiger partial charge in [0.25, 0.3) is 0 Å². The highest BCUT2D eigenvalue weighted by Gasteiger charge is 2.28. The molecule has 0 unspecified atom stereocenters. The van der Waals surface area contributed by atoms with E-state index < -0.39 is 5.41 Å². The van der Waals surface area contributed by atoms with Gasteiger partial charge in [-0.25, -0.2) is 4.39 Å². The number of rotatable bonds is 4. The number of nitrogens with two attached hydrogens (primary N) is 1. The van der Waals surface area contributed by atoms with Crippen LogP contribution in [0.4, 0.5) is 15.8 Å². The van der Waals surface area contributed by atoms with Gasteiger partial charge in [-0.3, -0.25) is 4.79 Å². The first-order valence-corrected chi connectivity index (χ1v) is 5.24. The zero-order valence-corrected chi connectivity index (χ0v) is 10.2. The monoisotopic (exact) mass is 240 g/mol. The minimum atomic E-state index is -0.671. The fourth-order valence-electron chi connectivity index (χ4n) is 1.36. The summed E-state index contributed by atoms with van der Waals surface area (Å²) in [5.41, 5.74) is 5.88. The maximum Gasteiger partial charge on any atom is 0.313 e. The highest BCUT2D eigenvalue weighted by molar-refractivity contribution is 5.77. The van der Waals surface area contributed by atoms with Crippen LogP contribution in [0, 0.1) is 11.2 Å². The summed E-state index contributed by atoms with van der Waals surface area (Å²) in [4.78, 5) is 11.4. The Hall–Kier alpha value is -1.78. The molecule has 3 N–H and O–H groups in total. The van der Waals surface area contributed by atoms with E-state index >= 15 is 0 Å². The molecule has 0 saturated carbocycles. The van der Waals surface area contributed by atoms with Gasteiger partial charge in [0.1, 0.15) is 5.82 Å². The Morgan fingerprint density at radius 3 is 2.71 bits per heavy atom. The van der Waals surface area contributed by atoms with E-state index in [1.54, 1.807) is 13.8 Å². The molecular weight excluding hydrogens is 223 g/mol. The molecule has 1 rings (SSSR count). The van der Waals surface area contributed by atoms with Crippen molar-refractivity contribution >= 4 is 17.3 Å². The van der Waals surface area contributed by atoms with Crippen molar-refractivity contribution in [1.82, 2.24) is 0 Å². The summed E-state index contributed by atoms with van der Waals surface area (Å²) in [5, 5.41) is 3.00. The van der Waals surface area contributed by atoms with Crippen LogP contribution in [-0.4, -0.2) is 19.6 Å². The fraction of sp³-hybridized carbons (Fsp3) is 0.417. The molecule has 17 heavy (non-hydrogen) atoms. The third-order valence-electron chi connectivity index (χ3n) is 2.47. The molecule has 0 aliphatic carbocycles. The van der Waals surface area contributed by atoms with Crippen LogP contribution in [0.5, 0.6) is 0 Å². The van der Waals surface area contributed by atoms with E-state index in [0.717, 1.165) is 0 Å². The van der Waals surface area contributed by atoms with Crippen molar-refractivity contribution in [3.05, 3.63) is 24.0 Å². The van der Waals surface area contributed by atoms with Crippen LogP contribution in [0.15, 0.2) is 18.2 Å². The molecule has 4 nitrogen and oxygen atoms in total. The first-order valence-electron chi connectivity index (χ1n) is 5.24. The predicted molar refractivity (Wildman–Crippen MR) is 65.1 cm³/mol. The van der Waals surface area contributed by atoms with Crippen LogP contribution >= 0.6 is 0 Å². The van der Waals surface area contributed by atoms with Gasteiger partial charge < -0.3 is 15.8 Å². The number of benzene rings is 1. The van der Waals surface area contributed by atoms with Gasteiger partial charge in [0.2, 0.25) is 0 Å². The predicted octanol–water partition coefficient (Wildman–Crippen LogP) is 2.02. The van der Waals surface area contributed by atoms with Crippen molar-refractivity contribution in [2.45, 2.75) is 13.8 Å². The minimum Gasteiger partial charge on any atom is -0.469 e. The van der Waals surface area contributed by atoms with E-state index in [2.05, 4.69) is 10.1 Å². The average molecular weight is 240 g/mol. The number of hydrogen-bond acceptors (Lipinski definition) is 4. The second kappa shape index (κ2) is 5.03. The molecule has 0 fully saturated rings. The van der Waals surface area contributed by atoms with Crippen LogP contribution in [0.2, 0.25) is 0 Å². The lowest BCUT2D eigenvalue weighted by Gasteiger charge is -2.22. The van der Waals surface area contributed by atoms with Crippen molar-refractivity contribution in [1.29, 1.82) is 0 Å². The molecule has 0 aliphatic heterocycles. The van der Waals surface area contributed by atoms with E-state index in [4.69, 9.17) is 5.73 Å². The van der Waals surface area contributed by atoms with Gasteiger partial charge in [0, 0.05) is 6.54 Å². The number of halogens is 1. The van der Waals surface area contributed by atoms with E-state index in [9.17, 15) is 9.18 Å². The summed E-state index contributed by atoms with van der Waals surface area (Å²) in [7, 11) is 1.34. The minimum absolute atomic E-state index is 0.311. The Bertz CT molecular complexity index is 419. The molecule has 0 aromatic heterocycles. The van der Waals surface area contributed by atoms with Crippen LogP contribution in [0.1, 0.15) is 13.8 Å². The normalized spacial score (nSPS) is 11.1. The quantitative estimate of drug-likeness (QED) is 0.624. The highest BCUT2D eigenvalue weighted by Crippen LogP contribution is 2.23. The second-order valence-electron chi connectivity index (χ2n) is 4.46. The lowest BCUT2D eigenvalue weighted by atomic mass is 9.93. The lowest BCUT2D eigenvalue weighted by Crippen LogP contribution is -2.33. The molecule has 0 radical (unpaired) electrons. The largest absolute Gasteiger partial charge is 0.469 e. The maximum atomic E-state index is 12.8. The Balaban J connectivity index is 2.70. The molecule has 1 aromatic carbocycles. The number of methoxy groups -OCH3 is 1. The molecule has 0 heterocycles. The van der Waals surface area contributed by atoms with Crippen LogP contribution in [-0.2, 0) is 9.53 Å². The van der Waals surface area contributed by atoms with Gasteiger partial charge in [0.15, 0.2) is 0 Å². The summed E-state index contributed by atoms with van der Waals surface area (Å²) >= 11 is 0. The SMILES string of the molecule is COC(=O)C(C)(C)CNc1ccc(F)cc1N. The van der Waals surface area contributed by atoms with Gasteiger partial charge in [-0.05, 0) is 32.0 Å². The summed E-state index contributed by atoms with van der Waals surface area (Å²) in [6, 6.07) is 4.08. The Kier molecular flexibility index (Phi) is 3.93. The topological polar surface area (TPSA) is 64.3 Å². The number of carbonyl (C=O) groups excluding carboxylic acids is 1. The summed E-state index contributed by atoms with van der Waals surface area (Å²) in [6.45, 7) is 3.87. The highest BCUT2D eigenvalue weighted by atomic mass is 19.1. The van der Waals surface area contributed by atoms with Crippen molar-refractivity contribution in [3.8, 4) is 0 Å². The number of carbonyl (C=O) groups is 1. The number of ether oxygens (including phenoxy) is 1. The molecule has 0 amide bonds. The van der Waals surface area contributed by atoms with Crippen LogP contribution in [0.3, 0.4) is 0 Å². The summed E-state index contributed by atoms with van der Waals surface area (Å²) in [5.74, 6) is -0.703. The van der Waals surface area contributed by atoms with Crippen LogP contribution in [0.25, 0.3) is 0 Å². The molecule has 0 aliphatic rings. The van der Waals surface area contributed by atoms with Gasteiger partial charge >= 0.3 is 5.97 Å². The molecule has 1 aromatic rings. The van der Waals surface area contributed by atoms with Crippen molar-refractivity contribution in [2.75, 3.05) is 24.7 Å². The molecule has 5 heteroatoms. The smallest absolute Gasteiger partial charge is 0.313 e. The summed E-state index contributed by atoms with van der Waals surface area (Å²) < 4.78 is 17.5. The van der Waals surface area contributed by atoms with E-state index in [1.807, 2.05) is 0 Å². The molecular formula is C12H17FN2O2. The van der Waals surface area contributed by atoms with Gasteiger partial charge in [-0.15, -0.1) is 0 Å². The third-order valence-corrected chi connectivity index (χ3v) is 2.47. The fourth-order valence-corrected chi connectivity index (χ4v) is 1.36. The van der Waals surface area contributed by atoms with Crippen molar-refractivity contribution in [2.24, 2.45) is 5.41 Å².